The second kappa shape index (κ2) is 6.03. The summed E-state index contributed by atoms with van der Waals surface area (Å²) in [6.45, 7) is 6.68. The molecule has 7 heteroatoms. The highest BCUT2D eigenvalue weighted by molar-refractivity contribution is 5.00. The summed E-state index contributed by atoms with van der Waals surface area (Å²) in [6.07, 6.45) is 6.07. The van der Waals surface area contributed by atoms with Gasteiger partial charge in [0.15, 0.2) is 0 Å². The lowest BCUT2D eigenvalue weighted by Gasteiger charge is -2.34. The molecule has 23 heavy (non-hydrogen) atoms. The van der Waals surface area contributed by atoms with Crippen molar-refractivity contribution in [2.45, 2.75) is 71.0 Å². The number of aromatic nitrogens is 5. The molecule has 124 valence electrons. The summed E-state index contributed by atoms with van der Waals surface area (Å²) < 4.78 is 7.87. The van der Waals surface area contributed by atoms with Crippen LogP contribution in [0.1, 0.15) is 61.5 Å². The summed E-state index contributed by atoms with van der Waals surface area (Å²) >= 11 is 0. The number of hydrogen-bond donors (Lipinski definition) is 0. The Kier molecular flexibility index (Phi) is 3.88. The molecule has 7 nitrogen and oxygen atoms in total. The van der Waals surface area contributed by atoms with Crippen LogP contribution in [-0.4, -0.2) is 42.4 Å². The van der Waals surface area contributed by atoms with E-state index in [1.807, 2.05) is 18.5 Å². The van der Waals surface area contributed by atoms with E-state index in [2.05, 4.69) is 25.2 Å². The van der Waals surface area contributed by atoms with Crippen LogP contribution in [0.4, 0.5) is 0 Å². The Balaban J connectivity index is 1.44. The minimum Gasteiger partial charge on any atom is -0.424 e. The second-order valence-electron chi connectivity index (χ2n) is 6.82. The largest absolute Gasteiger partial charge is 0.424 e. The van der Waals surface area contributed by atoms with Gasteiger partial charge in [0, 0.05) is 12.0 Å². The molecule has 2 fully saturated rings. The lowest BCUT2D eigenvalue weighted by Crippen LogP contribution is -2.42. The highest BCUT2D eigenvalue weighted by Crippen LogP contribution is 2.39. The number of hydrogen-bond acceptors (Lipinski definition) is 6. The van der Waals surface area contributed by atoms with Crippen LogP contribution in [0.5, 0.6) is 0 Å². The summed E-state index contributed by atoms with van der Waals surface area (Å²) in [5.74, 6) is 3.94. The van der Waals surface area contributed by atoms with Crippen molar-refractivity contribution in [2.75, 3.05) is 6.54 Å². The average Bonchev–Trinajstić information content (AvgIpc) is 3.20. The Morgan fingerprint density at radius 1 is 1.13 bits per heavy atom. The van der Waals surface area contributed by atoms with Gasteiger partial charge in [-0.15, -0.1) is 10.2 Å². The monoisotopic (exact) mass is 316 g/mol. The first-order valence-electron chi connectivity index (χ1n) is 8.63. The first-order valence-corrected chi connectivity index (χ1v) is 8.63. The summed E-state index contributed by atoms with van der Waals surface area (Å²) in [5.41, 5.74) is 0. The summed E-state index contributed by atoms with van der Waals surface area (Å²) in [4.78, 5) is 6.87. The van der Waals surface area contributed by atoms with Gasteiger partial charge in [-0.1, -0.05) is 6.42 Å². The fourth-order valence-corrected chi connectivity index (χ4v) is 3.41. The van der Waals surface area contributed by atoms with E-state index < -0.39 is 0 Å². The van der Waals surface area contributed by atoms with Crippen molar-refractivity contribution in [1.29, 1.82) is 0 Å². The zero-order valence-corrected chi connectivity index (χ0v) is 13.9. The van der Waals surface area contributed by atoms with Crippen LogP contribution in [-0.2, 0) is 13.1 Å². The first-order chi connectivity index (χ1) is 11.2. The molecule has 1 atom stereocenters. The minimum atomic E-state index is 0.458. The van der Waals surface area contributed by atoms with E-state index in [9.17, 15) is 0 Å². The van der Waals surface area contributed by atoms with Crippen molar-refractivity contribution in [1.82, 2.24) is 29.9 Å². The molecule has 2 aromatic heterocycles. The van der Waals surface area contributed by atoms with Gasteiger partial charge in [-0.25, -0.2) is 9.67 Å². The smallest absolute Gasteiger partial charge is 0.230 e. The molecule has 0 spiro atoms. The number of likely N-dealkylation sites (tertiary alicyclic amines) is 1. The van der Waals surface area contributed by atoms with Gasteiger partial charge in [0.1, 0.15) is 11.6 Å². The van der Waals surface area contributed by atoms with Crippen molar-refractivity contribution in [3.05, 3.63) is 23.4 Å². The van der Waals surface area contributed by atoms with E-state index in [-0.39, 0.29) is 0 Å². The van der Waals surface area contributed by atoms with Crippen molar-refractivity contribution in [3.8, 4) is 0 Å². The third kappa shape index (κ3) is 3.29. The Hall–Kier alpha value is -1.76. The van der Waals surface area contributed by atoms with Crippen molar-refractivity contribution in [2.24, 2.45) is 0 Å². The number of rotatable bonds is 5. The molecular formula is C16H24N6O. The fourth-order valence-electron chi connectivity index (χ4n) is 3.41. The minimum absolute atomic E-state index is 0.458. The molecule has 1 aliphatic heterocycles. The van der Waals surface area contributed by atoms with Crippen LogP contribution < -0.4 is 0 Å². The standard InChI is InChI=1S/C16H24N6O/c1-11-17-12(2)22(20-11)9-14-5-3-4-8-21(14)10-15-18-19-16(23-15)13-6-7-13/h13-14H,3-10H2,1-2H3/t14-/m1/s1. The molecule has 2 aromatic rings. The lowest BCUT2D eigenvalue weighted by molar-refractivity contribution is 0.110. The van der Waals surface area contributed by atoms with Gasteiger partial charge in [0.2, 0.25) is 11.8 Å². The Labute approximate surface area is 136 Å². The maximum absolute atomic E-state index is 5.84. The van der Waals surface area contributed by atoms with Gasteiger partial charge < -0.3 is 4.42 Å². The van der Waals surface area contributed by atoms with Gasteiger partial charge in [0.25, 0.3) is 0 Å². The molecule has 4 rings (SSSR count). The quantitative estimate of drug-likeness (QED) is 0.842. The van der Waals surface area contributed by atoms with Gasteiger partial charge in [0.05, 0.1) is 13.1 Å². The van der Waals surface area contributed by atoms with Gasteiger partial charge in [-0.3, -0.25) is 4.90 Å². The fraction of sp³-hybridized carbons (Fsp3) is 0.750. The van der Waals surface area contributed by atoms with Gasteiger partial charge in [-0.2, -0.15) is 5.10 Å². The number of piperidine rings is 1. The topological polar surface area (TPSA) is 72.9 Å². The van der Waals surface area contributed by atoms with Crippen molar-refractivity contribution < 1.29 is 4.42 Å². The average molecular weight is 316 g/mol. The summed E-state index contributed by atoms with van der Waals surface area (Å²) in [5, 5.41) is 12.9. The second-order valence-corrected chi connectivity index (χ2v) is 6.82. The Bertz CT molecular complexity index is 674. The molecule has 1 saturated heterocycles. The van der Waals surface area contributed by atoms with Crippen LogP contribution in [0, 0.1) is 13.8 Å². The lowest BCUT2D eigenvalue weighted by atomic mass is 10.0. The van der Waals surface area contributed by atoms with Crippen molar-refractivity contribution >= 4 is 0 Å². The maximum atomic E-state index is 5.84. The summed E-state index contributed by atoms with van der Waals surface area (Å²) in [6, 6.07) is 0.458. The maximum Gasteiger partial charge on any atom is 0.230 e. The SMILES string of the molecule is Cc1nc(C)n(C[C@H]2CCCCN2Cc2nnc(C3CC3)o2)n1. The zero-order valence-electron chi connectivity index (χ0n) is 13.9. The first kappa shape index (κ1) is 14.8. The normalized spacial score (nSPS) is 22.6. The third-order valence-electron chi connectivity index (χ3n) is 4.84. The van der Waals surface area contributed by atoms with E-state index >= 15 is 0 Å². The molecule has 0 N–H and O–H groups in total. The highest BCUT2D eigenvalue weighted by atomic mass is 16.4. The summed E-state index contributed by atoms with van der Waals surface area (Å²) in [7, 11) is 0. The van der Waals surface area contributed by atoms with Crippen LogP contribution in [0.2, 0.25) is 0 Å². The molecule has 3 heterocycles. The van der Waals surface area contributed by atoms with E-state index in [1.54, 1.807) is 0 Å². The number of nitrogens with zero attached hydrogens (tertiary/aromatic N) is 6. The van der Waals surface area contributed by atoms with E-state index in [4.69, 9.17) is 4.42 Å². The predicted molar refractivity (Wildman–Crippen MR) is 83.8 cm³/mol. The molecule has 2 aliphatic rings. The number of aryl methyl sites for hydroxylation is 2. The molecule has 0 unspecified atom stereocenters. The van der Waals surface area contributed by atoms with Gasteiger partial charge >= 0.3 is 0 Å². The molecule has 0 aromatic carbocycles. The third-order valence-corrected chi connectivity index (χ3v) is 4.84. The van der Waals surface area contributed by atoms with E-state index in [0.29, 0.717) is 12.0 Å². The predicted octanol–water partition coefficient (Wildman–Crippen LogP) is 2.21. The van der Waals surface area contributed by atoms with E-state index in [0.717, 1.165) is 43.1 Å². The van der Waals surface area contributed by atoms with Crippen molar-refractivity contribution in [3.63, 3.8) is 0 Å². The van der Waals surface area contributed by atoms with Crippen LogP contribution in [0.3, 0.4) is 0 Å². The van der Waals surface area contributed by atoms with Crippen LogP contribution >= 0.6 is 0 Å². The Morgan fingerprint density at radius 2 is 2.00 bits per heavy atom. The molecular weight excluding hydrogens is 292 g/mol. The molecule has 1 aliphatic carbocycles. The zero-order chi connectivity index (χ0) is 15.8. The van der Waals surface area contributed by atoms with E-state index in [1.165, 1.54) is 32.1 Å². The molecule has 0 bridgehead atoms. The Morgan fingerprint density at radius 3 is 2.74 bits per heavy atom. The molecule has 0 amide bonds. The van der Waals surface area contributed by atoms with Crippen LogP contribution in [0.15, 0.2) is 4.42 Å². The van der Waals surface area contributed by atoms with Crippen LogP contribution in [0.25, 0.3) is 0 Å². The molecule has 1 saturated carbocycles. The molecule has 0 radical (unpaired) electrons. The van der Waals surface area contributed by atoms with Gasteiger partial charge in [-0.05, 0) is 46.1 Å². The highest BCUT2D eigenvalue weighted by Gasteiger charge is 2.30.